The lowest BCUT2D eigenvalue weighted by molar-refractivity contribution is -0.612. The lowest BCUT2D eigenvalue weighted by atomic mass is 8.92. The van der Waals surface area contributed by atoms with E-state index >= 15 is 0 Å². The Kier molecular flexibility index (Phi) is 2.25. The Morgan fingerprint density at radius 2 is 1.83 bits per heavy atom. The molecule has 3 aromatic rings. The summed E-state index contributed by atoms with van der Waals surface area (Å²) in [6.07, 6.45) is 3.65. The third kappa shape index (κ3) is 1.23. The fraction of sp³-hybridized carbons (Fsp3) is 0.409. The quantitative estimate of drug-likeness (QED) is 0.698. The number of rotatable bonds is 5. The number of aromatic amines is 1. The van der Waals surface area contributed by atoms with Crippen LogP contribution in [-0.2, 0) is 16.8 Å². The Balaban J connectivity index is 0.998. The second-order valence-corrected chi connectivity index (χ2v) is 9.38. The number of amides is 1. The van der Waals surface area contributed by atoms with Crippen LogP contribution in [0.5, 0.6) is 0 Å². The highest BCUT2D eigenvalue weighted by atomic mass is 16.2. The van der Waals surface area contributed by atoms with E-state index in [1.807, 2.05) is 18.3 Å². The molecule has 6 fully saturated rings. The highest BCUT2D eigenvalue weighted by Gasteiger charge is 3.12. The second kappa shape index (κ2) is 4.40. The first-order valence-corrected chi connectivity index (χ1v) is 10.3. The molecule has 6 aliphatic rings. The van der Waals surface area contributed by atoms with Gasteiger partial charge in [0.25, 0.3) is 0 Å². The molecular formula is C22H18N6O. The molecule has 7 heteroatoms. The van der Waals surface area contributed by atoms with Crippen LogP contribution in [0, 0.1) is 40.9 Å². The molecule has 1 aromatic carbocycles. The Labute approximate surface area is 166 Å². The van der Waals surface area contributed by atoms with E-state index in [9.17, 15) is 4.79 Å². The lowest BCUT2D eigenvalue weighted by Crippen LogP contribution is -3.12. The van der Waals surface area contributed by atoms with Crippen LogP contribution in [0.15, 0.2) is 48.8 Å². The number of carbonyl (C=O) groups excluding carboxylic acids is 1. The van der Waals surface area contributed by atoms with Gasteiger partial charge < -0.3 is 5.32 Å². The Morgan fingerprint density at radius 3 is 2.52 bits per heavy atom. The molecule has 142 valence electrons. The minimum Gasteiger partial charge on any atom is -0.352 e. The first-order valence-electron chi connectivity index (χ1n) is 10.3. The topological polar surface area (TPSA) is 96.5 Å². The number of H-pyrrole nitrogens is 1. The van der Waals surface area contributed by atoms with Crippen LogP contribution in [0.2, 0.25) is 0 Å². The van der Waals surface area contributed by atoms with Crippen LogP contribution < -0.4 is 5.32 Å². The predicted molar refractivity (Wildman–Crippen MR) is 101 cm³/mol. The maximum absolute atomic E-state index is 13.2. The molecule has 0 bridgehead atoms. The van der Waals surface area contributed by atoms with Gasteiger partial charge >= 0.3 is 0 Å². The zero-order valence-electron chi connectivity index (χ0n) is 15.5. The molecule has 6 saturated carbocycles. The van der Waals surface area contributed by atoms with E-state index in [2.05, 4.69) is 55.2 Å². The molecular weight excluding hydrogens is 364 g/mol. The molecule has 2 N–H and O–H groups in total. The van der Waals surface area contributed by atoms with E-state index in [4.69, 9.17) is 0 Å². The van der Waals surface area contributed by atoms with E-state index in [0.717, 1.165) is 22.5 Å². The number of pyridine rings is 1. The number of carbonyl (C=O) groups is 1. The average Bonchev–Trinajstić information content (AvgIpc) is 3.33. The second-order valence-electron chi connectivity index (χ2n) is 9.38. The van der Waals surface area contributed by atoms with Gasteiger partial charge in [0.15, 0.2) is 5.82 Å². The van der Waals surface area contributed by atoms with Crippen molar-refractivity contribution in [2.45, 2.75) is 12.0 Å². The Morgan fingerprint density at radius 1 is 1.03 bits per heavy atom. The van der Waals surface area contributed by atoms with Gasteiger partial charge in [0, 0.05) is 24.4 Å². The van der Waals surface area contributed by atoms with E-state index in [-0.39, 0.29) is 16.7 Å². The summed E-state index contributed by atoms with van der Waals surface area (Å²) in [5, 5.41) is 18.2. The zero-order chi connectivity index (χ0) is 19.0. The lowest BCUT2D eigenvalue weighted by Gasteiger charge is -3.09. The van der Waals surface area contributed by atoms with Gasteiger partial charge in [-0.25, -0.2) is 0 Å². The molecule has 1 amide bonds. The van der Waals surface area contributed by atoms with Crippen LogP contribution >= 0.6 is 0 Å². The molecule has 2 aromatic heterocycles. The van der Waals surface area contributed by atoms with Crippen LogP contribution in [0.25, 0.3) is 11.1 Å². The third-order valence-corrected chi connectivity index (χ3v) is 9.13. The minimum absolute atomic E-state index is 0.0630. The molecule has 9 rings (SSSR count). The average molecular weight is 382 g/mol. The number of benzene rings is 1. The van der Waals surface area contributed by atoms with E-state index < -0.39 is 0 Å². The summed E-state index contributed by atoms with van der Waals surface area (Å²) in [6.45, 7) is 0.580. The van der Waals surface area contributed by atoms with Gasteiger partial charge in [0.05, 0.1) is 5.41 Å². The van der Waals surface area contributed by atoms with Crippen molar-refractivity contribution >= 4 is 5.91 Å². The number of hydrogen-bond donors (Lipinski definition) is 2. The normalized spacial score (nSPS) is 43.0. The van der Waals surface area contributed by atoms with E-state index in [0.29, 0.717) is 42.1 Å². The van der Waals surface area contributed by atoms with Crippen molar-refractivity contribution < 1.29 is 4.79 Å². The Bertz CT molecular complexity index is 1140. The highest BCUT2D eigenvalue weighted by Crippen LogP contribution is 3.09. The largest absolute Gasteiger partial charge is 0.352 e. The molecule has 0 unspecified atom stereocenters. The number of nitrogens with zero attached hydrogens (tertiary/aromatic N) is 4. The van der Waals surface area contributed by atoms with Gasteiger partial charge in [-0.2, -0.15) is 5.21 Å². The Hall–Kier alpha value is -3.09. The van der Waals surface area contributed by atoms with Gasteiger partial charge in [-0.05, 0) is 64.3 Å². The van der Waals surface area contributed by atoms with Crippen LogP contribution in [0.1, 0.15) is 11.4 Å². The van der Waals surface area contributed by atoms with Crippen molar-refractivity contribution in [1.29, 1.82) is 0 Å². The monoisotopic (exact) mass is 382 g/mol. The number of hydrogen-bond acceptors (Lipinski definition) is 5. The minimum atomic E-state index is -0.0630. The summed E-state index contributed by atoms with van der Waals surface area (Å²) in [7, 11) is 0. The summed E-state index contributed by atoms with van der Waals surface area (Å²) in [5.41, 5.74) is 3.47. The van der Waals surface area contributed by atoms with Crippen LogP contribution in [0.4, 0.5) is 0 Å². The van der Waals surface area contributed by atoms with E-state index in [1.54, 1.807) is 6.20 Å². The van der Waals surface area contributed by atoms with Crippen LogP contribution in [-0.4, -0.2) is 31.5 Å². The summed E-state index contributed by atoms with van der Waals surface area (Å²) in [4.78, 5) is 17.4. The summed E-state index contributed by atoms with van der Waals surface area (Å²) in [5.74, 6) is 4.73. The van der Waals surface area contributed by atoms with Crippen molar-refractivity contribution in [2.24, 2.45) is 40.9 Å². The molecule has 0 spiro atoms. The maximum Gasteiger partial charge on any atom is 0.227 e. The molecule has 0 aliphatic heterocycles. The first kappa shape index (κ1) is 14.8. The molecule has 0 radical (unpaired) electrons. The molecule has 0 atom stereocenters. The summed E-state index contributed by atoms with van der Waals surface area (Å²) in [6, 6.07) is 12.3. The van der Waals surface area contributed by atoms with Gasteiger partial charge in [0.2, 0.25) is 5.91 Å². The zero-order valence-corrected chi connectivity index (χ0v) is 15.5. The molecule has 29 heavy (non-hydrogen) atoms. The van der Waals surface area contributed by atoms with Crippen molar-refractivity contribution in [3.8, 4) is 11.1 Å². The van der Waals surface area contributed by atoms with Crippen molar-refractivity contribution in [3.05, 3.63) is 60.2 Å². The fourth-order valence-electron chi connectivity index (χ4n) is 8.50. The van der Waals surface area contributed by atoms with Gasteiger partial charge in [0.1, 0.15) is 0 Å². The van der Waals surface area contributed by atoms with Gasteiger partial charge in [-0.3, -0.25) is 9.78 Å². The maximum atomic E-state index is 13.2. The standard InChI is InChI=1S/C22H18N6O/c29-20(24-8-10-3-1-4-11(7-10)12-5-2-6-23-9-12)22-16-13-17(22)15-18(22)14(16)21(13,15)19-25-27-28-26-19/h1-7,9,13-18H,8H2,(H,24,29)(H,25,26,27,28). The summed E-state index contributed by atoms with van der Waals surface area (Å²) >= 11 is 0. The number of nitrogens with one attached hydrogen (secondary N) is 2. The third-order valence-electron chi connectivity index (χ3n) is 9.13. The number of aromatic nitrogens is 5. The van der Waals surface area contributed by atoms with Crippen molar-refractivity contribution in [2.75, 3.05) is 0 Å². The summed E-state index contributed by atoms with van der Waals surface area (Å²) < 4.78 is 0. The van der Waals surface area contributed by atoms with Crippen LogP contribution in [0.3, 0.4) is 0 Å². The van der Waals surface area contributed by atoms with Gasteiger partial charge in [-0.1, -0.05) is 29.5 Å². The molecule has 6 aliphatic carbocycles. The smallest absolute Gasteiger partial charge is 0.227 e. The first-order chi connectivity index (χ1) is 14.3. The molecule has 7 nitrogen and oxygen atoms in total. The highest BCUT2D eigenvalue weighted by molar-refractivity contribution is 5.93. The van der Waals surface area contributed by atoms with Crippen molar-refractivity contribution in [1.82, 2.24) is 30.9 Å². The predicted octanol–water partition coefficient (Wildman–Crippen LogP) is 1.57. The van der Waals surface area contributed by atoms with E-state index in [1.165, 1.54) is 0 Å². The molecule has 2 heterocycles. The molecule has 0 saturated heterocycles. The fourth-order valence-corrected chi connectivity index (χ4v) is 8.50. The number of tetrazole rings is 1. The SMILES string of the molecule is O=C(NCc1cccc(-c2cccnc2)c1)C12C3C4C1C1C2C3C41c1nn[nH]n1. The van der Waals surface area contributed by atoms with Gasteiger partial charge in [-0.15, -0.1) is 10.2 Å². The van der Waals surface area contributed by atoms with Crippen molar-refractivity contribution in [3.63, 3.8) is 0 Å².